The number of nitrogens with zero attached hydrogens (tertiary/aromatic N) is 5. The summed E-state index contributed by atoms with van der Waals surface area (Å²) in [6.45, 7) is 9.15. The summed E-state index contributed by atoms with van der Waals surface area (Å²) in [6.07, 6.45) is 3.54. The number of amides is 2. The van der Waals surface area contributed by atoms with Crippen LogP contribution >= 0.6 is 27.7 Å². The van der Waals surface area contributed by atoms with Gasteiger partial charge in [0.1, 0.15) is 18.0 Å². The number of likely N-dealkylation sites (tertiary alicyclic amines) is 1. The van der Waals surface area contributed by atoms with Crippen LogP contribution in [0, 0.1) is 5.92 Å². The summed E-state index contributed by atoms with van der Waals surface area (Å²) >= 11 is 5.11. The summed E-state index contributed by atoms with van der Waals surface area (Å²) in [7, 11) is 0. The van der Waals surface area contributed by atoms with Crippen molar-refractivity contribution in [1.29, 1.82) is 0 Å². The third-order valence-corrected chi connectivity index (χ3v) is 8.82. The molecular formula is C27H34BrN7O5S. The first-order chi connectivity index (χ1) is 19.5. The molecule has 2 atom stereocenters. The number of halogens is 1. The molecule has 220 valence electrons. The number of alkyl carbamates (subject to hydrolysis) is 1. The Morgan fingerprint density at radius 2 is 2.02 bits per heavy atom. The molecule has 1 aromatic carbocycles. The van der Waals surface area contributed by atoms with Crippen LogP contribution in [0.4, 0.5) is 10.6 Å². The Hall–Kier alpha value is -3.26. The molecular weight excluding hydrogens is 614 g/mol. The van der Waals surface area contributed by atoms with Crippen LogP contribution in [-0.4, -0.2) is 67.9 Å². The highest BCUT2D eigenvalue weighted by Gasteiger charge is 2.29. The molecule has 3 aromatic rings. The first-order valence-corrected chi connectivity index (χ1v) is 15.1. The van der Waals surface area contributed by atoms with E-state index < -0.39 is 17.7 Å². The predicted octanol–water partition coefficient (Wildman–Crippen LogP) is 4.59. The number of hydrogen-bond donors (Lipinski definition) is 2. The van der Waals surface area contributed by atoms with Gasteiger partial charge in [0.25, 0.3) is 0 Å². The summed E-state index contributed by atoms with van der Waals surface area (Å²) in [6, 6.07) is 3.13. The highest BCUT2D eigenvalue weighted by atomic mass is 79.9. The van der Waals surface area contributed by atoms with Gasteiger partial charge in [0.2, 0.25) is 12.7 Å². The number of anilines is 1. The van der Waals surface area contributed by atoms with Gasteiger partial charge in [0.05, 0.1) is 0 Å². The van der Waals surface area contributed by atoms with Crippen molar-refractivity contribution in [3.8, 4) is 11.5 Å². The van der Waals surface area contributed by atoms with E-state index in [0.717, 1.165) is 33.8 Å². The first-order valence-electron chi connectivity index (χ1n) is 13.5. The molecule has 0 bridgehead atoms. The van der Waals surface area contributed by atoms with Crippen molar-refractivity contribution in [3.63, 3.8) is 0 Å². The van der Waals surface area contributed by atoms with Gasteiger partial charge >= 0.3 is 6.09 Å². The molecule has 2 aliphatic rings. The second-order valence-corrected chi connectivity index (χ2v) is 13.0. The van der Waals surface area contributed by atoms with Crippen LogP contribution in [0.5, 0.6) is 11.5 Å². The minimum absolute atomic E-state index is 0.113. The number of ether oxygens (including phenoxy) is 3. The van der Waals surface area contributed by atoms with Crippen LogP contribution < -0.4 is 20.5 Å². The van der Waals surface area contributed by atoms with Crippen molar-refractivity contribution in [2.75, 3.05) is 25.6 Å². The summed E-state index contributed by atoms with van der Waals surface area (Å²) in [5.41, 5.74) is 6.74. The molecule has 2 amide bonds. The number of imidazole rings is 1. The highest BCUT2D eigenvalue weighted by molar-refractivity contribution is 9.10. The second-order valence-electron chi connectivity index (χ2n) is 11.2. The van der Waals surface area contributed by atoms with Crippen LogP contribution in [-0.2, 0) is 16.1 Å². The maximum absolute atomic E-state index is 13.1. The maximum atomic E-state index is 13.1. The zero-order valence-corrected chi connectivity index (χ0v) is 25.9. The van der Waals surface area contributed by atoms with Crippen LogP contribution in [0.15, 0.2) is 33.0 Å². The number of benzene rings is 1. The number of carbonyl (C=O) groups excluding carboxylic acids is 2. The van der Waals surface area contributed by atoms with E-state index in [4.69, 9.17) is 24.9 Å². The fourth-order valence-corrected chi connectivity index (χ4v) is 6.43. The second kappa shape index (κ2) is 11.9. The number of piperidine rings is 1. The van der Waals surface area contributed by atoms with Gasteiger partial charge in [-0.1, -0.05) is 11.8 Å². The standard InChI is InChI=1S/C27H34BrN7O5S/c1-15(32-26(37)40-27(2,3)4)24(36)34-8-5-6-16(12-34)7-9-35-23-21(22(29)30-13-31-23)33-25(35)41-20-11-19-18(10-17(20)28)38-14-39-19/h10-11,13,15-16H,5-9,12,14H2,1-4H3,(H,32,37)(H2,29,30,31)/t15-,16?/m1/s1. The van der Waals surface area contributed by atoms with Gasteiger partial charge in [-0.2, -0.15) is 0 Å². The molecule has 2 aliphatic heterocycles. The monoisotopic (exact) mass is 647 g/mol. The minimum Gasteiger partial charge on any atom is -0.454 e. The number of carbonyl (C=O) groups is 2. The predicted molar refractivity (Wildman–Crippen MR) is 157 cm³/mol. The Bertz CT molecular complexity index is 1460. The quantitative estimate of drug-likeness (QED) is 0.373. The Morgan fingerprint density at radius 3 is 2.78 bits per heavy atom. The number of aromatic nitrogens is 4. The van der Waals surface area contributed by atoms with Gasteiger partial charge in [0.15, 0.2) is 33.6 Å². The van der Waals surface area contributed by atoms with Crippen molar-refractivity contribution < 1.29 is 23.8 Å². The SMILES string of the molecule is C[C@@H](NC(=O)OC(C)(C)C)C(=O)N1CCCC(CCn2c(Sc3cc4c(cc3Br)OCO4)nc3c(N)ncnc32)C1. The van der Waals surface area contributed by atoms with E-state index in [1.807, 2.05) is 17.0 Å². The van der Waals surface area contributed by atoms with Crippen LogP contribution in [0.1, 0.15) is 47.0 Å². The topological polar surface area (TPSA) is 147 Å². The molecule has 3 N–H and O–H groups in total. The molecule has 1 unspecified atom stereocenters. The van der Waals surface area contributed by atoms with Crippen LogP contribution in [0.2, 0.25) is 0 Å². The fraction of sp³-hybridized carbons (Fsp3) is 0.519. The molecule has 0 spiro atoms. The Balaban J connectivity index is 1.28. The summed E-state index contributed by atoms with van der Waals surface area (Å²) in [5.74, 6) is 1.85. The van der Waals surface area contributed by atoms with Gasteiger partial charge in [-0.15, -0.1) is 0 Å². The molecule has 14 heteroatoms. The van der Waals surface area contributed by atoms with Gasteiger partial charge in [-0.05, 0) is 80.9 Å². The number of nitrogens with two attached hydrogens (primary N) is 1. The van der Waals surface area contributed by atoms with E-state index in [2.05, 4.69) is 35.8 Å². The third-order valence-electron chi connectivity index (χ3n) is 6.85. The zero-order valence-electron chi connectivity index (χ0n) is 23.5. The number of aryl methyl sites for hydroxylation is 1. The zero-order chi connectivity index (χ0) is 29.3. The number of nitrogen functional groups attached to an aromatic ring is 1. The van der Waals surface area contributed by atoms with E-state index in [9.17, 15) is 9.59 Å². The molecule has 5 rings (SSSR count). The highest BCUT2D eigenvalue weighted by Crippen LogP contribution is 2.43. The first kappa shape index (κ1) is 29.2. The molecule has 0 radical (unpaired) electrons. The number of hydrogen-bond acceptors (Lipinski definition) is 10. The largest absolute Gasteiger partial charge is 0.454 e. The lowest BCUT2D eigenvalue weighted by atomic mass is 9.94. The number of fused-ring (bicyclic) bond motifs is 2. The van der Waals surface area contributed by atoms with Gasteiger partial charge in [0, 0.05) is 29.0 Å². The van der Waals surface area contributed by atoms with Gasteiger partial charge < -0.3 is 34.7 Å². The molecule has 12 nitrogen and oxygen atoms in total. The van der Waals surface area contributed by atoms with Crippen molar-refractivity contribution in [2.45, 2.75) is 75.2 Å². The lowest BCUT2D eigenvalue weighted by molar-refractivity contribution is -0.134. The molecule has 1 saturated heterocycles. The Labute approximate surface area is 250 Å². The number of rotatable bonds is 7. The minimum atomic E-state index is -0.677. The summed E-state index contributed by atoms with van der Waals surface area (Å²) in [4.78, 5) is 41.5. The van der Waals surface area contributed by atoms with E-state index in [1.54, 1.807) is 27.7 Å². The molecule has 1 fully saturated rings. The van der Waals surface area contributed by atoms with Crippen LogP contribution in [0.25, 0.3) is 11.2 Å². The van der Waals surface area contributed by atoms with Crippen molar-refractivity contribution in [2.24, 2.45) is 5.92 Å². The molecule has 2 aromatic heterocycles. The molecule has 0 saturated carbocycles. The van der Waals surface area contributed by atoms with E-state index in [-0.39, 0.29) is 18.6 Å². The van der Waals surface area contributed by atoms with Gasteiger partial charge in [-0.25, -0.2) is 19.7 Å². The Kier molecular flexibility index (Phi) is 8.50. The third kappa shape index (κ3) is 6.80. The Morgan fingerprint density at radius 1 is 1.27 bits per heavy atom. The smallest absolute Gasteiger partial charge is 0.408 e. The lowest BCUT2D eigenvalue weighted by Crippen LogP contribution is -2.50. The van der Waals surface area contributed by atoms with Crippen LogP contribution in [0.3, 0.4) is 0 Å². The lowest BCUT2D eigenvalue weighted by Gasteiger charge is -2.34. The van der Waals surface area contributed by atoms with Crippen molar-refractivity contribution in [1.82, 2.24) is 29.7 Å². The maximum Gasteiger partial charge on any atom is 0.408 e. The molecule has 0 aliphatic carbocycles. The molecule has 41 heavy (non-hydrogen) atoms. The average molecular weight is 649 g/mol. The van der Waals surface area contributed by atoms with E-state index in [1.165, 1.54) is 18.1 Å². The van der Waals surface area contributed by atoms with E-state index in [0.29, 0.717) is 48.1 Å². The normalized spacial score (nSPS) is 17.5. The fourth-order valence-electron chi connectivity index (χ4n) is 4.92. The molecule has 4 heterocycles. The average Bonchev–Trinajstić information content (AvgIpc) is 3.50. The summed E-state index contributed by atoms with van der Waals surface area (Å²) in [5, 5.41) is 3.39. The van der Waals surface area contributed by atoms with Crippen molar-refractivity contribution >= 4 is 56.7 Å². The number of nitrogens with one attached hydrogen (secondary N) is 1. The van der Waals surface area contributed by atoms with Gasteiger partial charge in [-0.3, -0.25) is 4.79 Å². The summed E-state index contributed by atoms with van der Waals surface area (Å²) < 4.78 is 19.3. The van der Waals surface area contributed by atoms with Crippen molar-refractivity contribution in [3.05, 3.63) is 22.9 Å². The van der Waals surface area contributed by atoms with E-state index >= 15 is 0 Å².